The molecule has 2 aromatic carbocycles. The molecule has 0 saturated carbocycles. The molecule has 1 aliphatic rings. The molecular formula is C20H20N4O2. The van der Waals surface area contributed by atoms with Gasteiger partial charge in [-0.3, -0.25) is 14.7 Å². The maximum Gasteiger partial charge on any atom is 0.269 e. The van der Waals surface area contributed by atoms with Gasteiger partial charge in [-0.2, -0.15) is 5.10 Å². The van der Waals surface area contributed by atoms with Gasteiger partial charge in [0.25, 0.3) is 11.8 Å². The van der Waals surface area contributed by atoms with Crippen LogP contribution in [0, 0.1) is 0 Å². The molecule has 0 aliphatic carbocycles. The Kier molecular flexibility index (Phi) is 4.16. The Morgan fingerprint density at radius 1 is 1.08 bits per heavy atom. The summed E-state index contributed by atoms with van der Waals surface area (Å²) in [5.41, 5.74) is 6.92. The number of amides is 2. The maximum atomic E-state index is 13.2. The molecule has 1 aromatic heterocycles. The normalized spacial score (nSPS) is 17.4. The van der Waals surface area contributed by atoms with Gasteiger partial charge in [0.05, 0.1) is 11.7 Å². The minimum atomic E-state index is -0.573. The van der Waals surface area contributed by atoms with Crippen molar-refractivity contribution < 1.29 is 9.59 Å². The highest BCUT2D eigenvalue weighted by Crippen LogP contribution is 2.31. The third-order valence-electron chi connectivity index (χ3n) is 4.97. The lowest BCUT2D eigenvalue weighted by Crippen LogP contribution is -2.38. The van der Waals surface area contributed by atoms with E-state index in [0.717, 1.165) is 35.7 Å². The van der Waals surface area contributed by atoms with Gasteiger partial charge >= 0.3 is 0 Å². The number of carbonyl (C=O) groups is 2. The van der Waals surface area contributed by atoms with Crippen LogP contribution in [0.3, 0.4) is 0 Å². The Labute approximate surface area is 151 Å². The topological polar surface area (TPSA) is 92.1 Å². The van der Waals surface area contributed by atoms with Crippen molar-refractivity contribution in [3.8, 4) is 0 Å². The Bertz CT molecular complexity index is 979. The van der Waals surface area contributed by atoms with Crippen LogP contribution >= 0.6 is 0 Å². The number of piperidine rings is 1. The molecule has 6 heteroatoms. The highest BCUT2D eigenvalue weighted by atomic mass is 16.2. The molecular weight excluding hydrogens is 328 g/mol. The smallest absolute Gasteiger partial charge is 0.269 e. The Morgan fingerprint density at radius 3 is 2.65 bits per heavy atom. The molecule has 4 rings (SSSR count). The van der Waals surface area contributed by atoms with Gasteiger partial charge in [-0.25, -0.2) is 0 Å². The fraction of sp³-hybridized carbons (Fsp3) is 0.250. The molecule has 1 fully saturated rings. The number of benzene rings is 2. The minimum absolute atomic E-state index is 0.00400. The second-order valence-electron chi connectivity index (χ2n) is 6.64. The van der Waals surface area contributed by atoms with Gasteiger partial charge in [-0.15, -0.1) is 0 Å². The van der Waals surface area contributed by atoms with Crippen molar-refractivity contribution in [2.45, 2.75) is 25.3 Å². The molecule has 0 radical (unpaired) electrons. The van der Waals surface area contributed by atoms with Gasteiger partial charge in [0.1, 0.15) is 5.69 Å². The number of primary amides is 1. The van der Waals surface area contributed by atoms with Crippen LogP contribution in [0.2, 0.25) is 0 Å². The zero-order chi connectivity index (χ0) is 18.1. The molecule has 1 aliphatic heterocycles. The summed E-state index contributed by atoms with van der Waals surface area (Å²) in [6.45, 7) is 0.682. The van der Waals surface area contributed by atoms with Gasteiger partial charge < -0.3 is 10.6 Å². The number of nitrogens with zero attached hydrogens (tertiary/aromatic N) is 2. The number of hydrogen-bond donors (Lipinski definition) is 2. The third-order valence-corrected chi connectivity index (χ3v) is 4.97. The first-order valence-corrected chi connectivity index (χ1v) is 8.78. The minimum Gasteiger partial charge on any atom is -0.364 e. The third kappa shape index (κ3) is 2.94. The zero-order valence-electron chi connectivity index (χ0n) is 14.3. The monoisotopic (exact) mass is 348 g/mol. The van der Waals surface area contributed by atoms with Crippen LogP contribution in [0.1, 0.15) is 51.8 Å². The number of rotatable bonds is 3. The molecule has 3 N–H and O–H groups in total. The number of aromatic amines is 1. The van der Waals surface area contributed by atoms with Crippen molar-refractivity contribution in [1.82, 2.24) is 15.1 Å². The lowest BCUT2D eigenvalue weighted by molar-refractivity contribution is 0.0606. The molecule has 1 unspecified atom stereocenters. The fourth-order valence-corrected chi connectivity index (χ4v) is 3.62. The number of likely N-dealkylation sites (tertiary alicyclic amines) is 1. The summed E-state index contributed by atoms with van der Waals surface area (Å²) in [4.78, 5) is 26.4. The second-order valence-corrected chi connectivity index (χ2v) is 6.64. The molecule has 2 heterocycles. The highest BCUT2D eigenvalue weighted by molar-refractivity contribution is 5.99. The van der Waals surface area contributed by atoms with Crippen molar-refractivity contribution in [2.75, 3.05) is 6.54 Å². The van der Waals surface area contributed by atoms with E-state index in [1.54, 1.807) is 6.07 Å². The van der Waals surface area contributed by atoms with E-state index in [1.165, 1.54) is 0 Å². The highest BCUT2D eigenvalue weighted by Gasteiger charge is 2.30. The van der Waals surface area contributed by atoms with E-state index in [1.807, 2.05) is 47.4 Å². The van der Waals surface area contributed by atoms with Gasteiger partial charge in [0.15, 0.2) is 0 Å². The van der Waals surface area contributed by atoms with Crippen LogP contribution in [0.15, 0.2) is 48.5 Å². The number of H-pyrrole nitrogens is 1. The van der Waals surface area contributed by atoms with Gasteiger partial charge in [0, 0.05) is 12.1 Å². The molecule has 0 spiro atoms. The standard InChI is InChI=1S/C20H20N4O2/c21-19(25)17-12-16(22-23-17)18-7-3-4-10-24(18)20(26)15-9-8-13-5-1-2-6-14(13)11-15/h1-2,5-6,8-9,11-12,18H,3-4,7,10H2,(H2,21,25)(H,22,23). The first-order chi connectivity index (χ1) is 12.6. The number of hydrogen-bond acceptors (Lipinski definition) is 3. The summed E-state index contributed by atoms with van der Waals surface area (Å²) in [5.74, 6) is -0.577. The van der Waals surface area contributed by atoms with E-state index >= 15 is 0 Å². The van der Waals surface area contributed by atoms with E-state index in [-0.39, 0.29) is 17.6 Å². The second kappa shape index (κ2) is 6.63. The maximum absolute atomic E-state index is 13.2. The Hall–Kier alpha value is -3.15. The number of nitrogens with one attached hydrogen (secondary N) is 1. The van der Waals surface area contributed by atoms with Crippen molar-refractivity contribution in [2.24, 2.45) is 5.73 Å². The van der Waals surface area contributed by atoms with E-state index in [9.17, 15) is 9.59 Å². The van der Waals surface area contributed by atoms with E-state index in [4.69, 9.17) is 5.73 Å². The molecule has 1 atom stereocenters. The van der Waals surface area contributed by atoms with Crippen molar-refractivity contribution in [1.29, 1.82) is 0 Å². The molecule has 132 valence electrons. The molecule has 0 bridgehead atoms. The van der Waals surface area contributed by atoms with Crippen molar-refractivity contribution in [3.63, 3.8) is 0 Å². The van der Waals surface area contributed by atoms with Gasteiger partial charge in [-0.1, -0.05) is 30.3 Å². The first kappa shape index (κ1) is 16.3. The molecule has 6 nitrogen and oxygen atoms in total. The van der Waals surface area contributed by atoms with Crippen LogP contribution in [0.5, 0.6) is 0 Å². The largest absolute Gasteiger partial charge is 0.364 e. The van der Waals surface area contributed by atoms with E-state index in [2.05, 4.69) is 10.2 Å². The zero-order valence-corrected chi connectivity index (χ0v) is 14.3. The summed E-state index contributed by atoms with van der Waals surface area (Å²) in [5, 5.41) is 8.99. The molecule has 2 amide bonds. The van der Waals surface area contributed by atoms with Crippen LogP contribution in [0.25, 0.3) is 10.8 Å². The van der Waals surface area contributed by atoms with Crippen LogP contribution in [-0.2, 0) is 0 Å². The van der Waals surface area contributed by atoms with Crippen molar-refractivity contribution >= 4 is 22.6 Å². The quantitative estimate of drug-likeness (QED) is 0.762. The Balaban J connectivity index is 1.65. The molecule has 1 saturated heterocycles. The molecule has 26 heavy (non-hydrogen) atoms. The first-order valence-electron chi connectivity index (χ1n) is 8.78. The summed E-state index contributed by atoms with van der Waals surface area (Å²) in [7, 11) is 0. The summed E-state index contributed by atoms with van der Waals surface area (Å²) in [6.07, 6.45) is 2.82. The fourth-order valence-electron chi connectivity index (χ4n) is 3.62. The van der Waals surface area contributed by atoms with Crippen molar-refractivity contribution in [3.05, 3.63) is 65.5 Å². The predicted octanol–water partition coefficient (Wildman–Crippen LogP) is 3.03. The number of nitrogens with two attached hydrogens (primary N) is 1. The average Bonchev–Trinajstić information content (AvgIpc) is 3.17. The van der Waals surface area contributed by atoms with Gasteiger partial charge in [0.2, 0.25) is 0 Å². The lowest BCUT2D eigenvalue weighted by atomic mass is 9.97. The van der Waals surface area contributed by atoms with Crippen LogP contribution < -0.4 is 5.73 Å². The molecule has 3 aromatic rings. The van der Waals surface area contributed by atoms with Crippen LogP contribution in [0.4, 0.5) is 0 Å². The predicted molar refractivity (Wildman–Crippen MR) is 98.7 cm³/mol. The Morgan fingerprint density at radius 2 is 1.88 bits per heavy atom. The van der Waals surface area contributed by atoms with Crippen LogP contribution in [-0.4, -0.2) is 33.5 Å². The number of aromatic nitrogens is 2. The SMILES string of the molecule is NC(=O)c1cc(C2CCCCN2C(=O)c2ccc3ccccc3c2)[nH]n1. The summed E-state index contributed by atoms with van der Waals surface area (Å²) < 4.78 is 0. The van der Waals surface area contributed by atoms with Gasteiger partial charge in [-0.05, 0) is 48.2 Å². The number of carbonyl (C=O) groups excluding carboxylic acids is 2. The number of fused-ring (bicyclic) bond motifs is 1. The van der Waals surface area contributed by atoms with E-state index < -0.39 is 5.91 Å². The van der Waals surface area contributed by atoms with E-state index in [0.29, 0.717) is 12.1 Å². The average molecular weight is 348 g/mol. The summed E-state index contributed by atoms with van der Waals surface area (Å²) >= 11 is 0. The summed E-state index contributed by atoms with van der Waals surface area (Å²) in [6, 6.07) is 15.3. The lowest BCUT2D eigenvalue weighted by Gasteiger charge is -2.35.